The maximum absolute atomic E-state index is 5.29. The Kier molecular flexibility index (Phi) is 8.00. The molecule has 44 heavy (non-hydrogen) atoms. The number of benzene rings is 3. The van der Waals surface area contributed by atoms with Crippen LogP contribution in [0.3, 0.4) is 0 Å². The fourth-order valence-corrected chi connectivity index (χ4v) is 7.33. The summed E-state index contributed by atoms with van der Waals surface area (Å²) in [6, 6.07) is 21.1. The number of nitrogens with zero attached hydrogens (tertiary/aromatic N) is 6. The van der Waals surface area contributed by atoms with E-state index in [-0.39, 0.29) is 0 Å². The van der Waals surface area contributed by atoms with E-state index in [9.17, 15) is 0 Å². The number of aryl methyl sites for hydroxylation is 8. The molecule has 0 aliphatic carbocycles. The van der Waals surface area contributed by atoms with Gasteiger partial charge in [-0.05, 0) is 119 Å². The van der Waals surface area contributed by atoms with Crippen molar-refractivity contribution in [2.75, 3.05) is 10.2 Å². The Morgan fingerprint density at radius 2 is 1.36 bits per heavy atom. The quantitative estimate of drug-likeness (QED) is 0.180. The SMILES string of the molecule is Cc1cc(C)c(Nc2nc(N(c3nc4ccccc4s3)c3c(C)cc(C)cc3C)cc(C)c2N=Nc2cc(C)ns2)c(C)c1. The molecule has 3 aromatic heterocycles. The molecule has 7 nitrogen and oxygen atoms in total. The second-order valence-electron chi connectivity index (χ2n) is 11.4. The lowest BCUT2D eigenvalue weighted by molar-refractivity contribution is 1.11. The van der Waals surface area contributed by atoms with E-state index >= 15 is 0 Å². The number of fused-ring (bicyclic) bond motifs is 1. The lowest BCUT2D eigenvalue weighted by Crippen LogP contribution is -2.15. The van der Waals surface area contributed by atoms with Crippen molar-refractivity contribution in [3.63, 3.8) is 0 Å². The molecule has 0 unspecified atom stereocenters. The smallest absolute Gasteiger partial charge is 0.196 e. The second kappa shape index (κ2) is 11.9. The first-order valence-electron chi connectivity index (χ1n) is 14.5. The summed E-state index contributed by atoms with van der Waals surface area (Å²) in [6.07, 6.45) is 0. The topological polar surface area (TPSA) is 78.7 Å². The molecule has 3 heterocycles. The molecular formula is C35H35N7S2. The number of nitrogens with one attached hydrogen (secondary N) is 1. The van der Waals surface area contributed by atoms with Crippen LogP contribution >= 0.6 is 22.9 Å². The number of anilines is 5. The monoisotopic (exact) mass is 617 g/mol. The number of hydrogen-bond donors (Lipinski definition) is 1. The zero-order chi connectivity index (χ0) is 31.1. The van der Waals surface area contributed by atoms with E-state index in [1.165, 1.54) is 22.7 Å². The van der Waals surface area contributed by atoms with Gasteiger partial charge in [-0.2, -0.15) is 4.37 Å². The van der Waals surface area contributed by atoms with E-state index in [4.69, 9.17) is 15.1 Å². The van der Waals surface area contributed by atoms with Gasteiger partial charge in [-0.15, -0.1) is 10.2 Å². The molecule has 0 saturated carbocycles. The molecule has 0 spiro atoms. The van der Waals surface area contributed by atoms with Crippen LogP contribution in [0.25, 0.3) is 10.2 Å². The summed E-state index contributed by atoms with van der Waals surface area (Å²) in [4.78, 5) is 12.6. The van der Waals surface area contributed by atoms with Crippen molar-refractivity contribution in [2.45, 2.75) is 55.4 Å². The molecule has 9 heteroatoms. The van der Waals surface area contributed by atoms with Gasteiger partial charge in [0, 0.05) is 5.69 Å². The van der Waals surface area contributed by atoms with Gasteiger partial charge >= 0.3 is 0 Å². The Hall–Kier alpha value is -4.47. The van der Waals surface area contributed by atoms with Gasteiger partial charge in [0.2, 0.25) is 0 Å². The van der Waals surface area contributed by atoms with Gasteiger partial charge in [0.1, 0.15) is 11.5 Å². The molecule has 0 atom stereocenters. The number of thiazole rings is 1. The van der Waals surface area contributed by atoms with Gasteiger partial charge in [0.05, 0.1) is 21.6 Å². The van der Waals surface area contributed by atoms with Gasteiger partial charge in [0.15, 0.2) is 16.0 Å². The highest BCUT2D eigenvalue weighted by Gasteiger charge is 2.24. The van der Waals surface area contributed by atoms with Crippen LogP contribution in [0.15, 0.2) is 70.9 Å². The number of rotatable bonds is 7. The minimum absolute atomic E-state index is 0.633. The Labute approximate surface area is 266 Å². The van der Waals surface area contributed by atoms with E-state index in [1.54, 1.807) is 11.3 Å². The third-order valence-electron chi connectivity index (χ3n) is 7.52. The number of aromatic nitrogens is 3. The Bertz CT molecular complexity index is 1980. The maximum atomic E-state index is 5.29. The van der Waals surface area contributed by atoms with Crippen LogP contribution in [-0.2, 0) is 0 Å². The van der Waals surface area contributed by atoms with Crippen LogP contribution in [-0.4, -0.2) is 14.3 Å². The van der Waals surface area contributed by atoms with Gasteiger partial charge in [-0.25, -0.2) is 9.97 Å². The fraction of sp³-hybridized carbons (Fsp3) is 0.229. The van der Waals surface area contributed by atoms with Crippen molar-refractivity contribution in [3.05, 3.63) is 105 Å². The number of azo groups is 1. The molecule has 0 bridgehead atoms. The zero-order valence-corrected chi connectivity index (χ0v) is 27.9. The minimum atomic E-state index is 0.633. The summed E-state index contributed by atoms with van der Waals surface area (Å²) in [5, 5.41) is 14.6. The highest BCUT2D eigenvalue weighted by atomic mass is 32.1. The standard InChI is InChI=1S/C35H35N7S2/c1-19-13-21(3)31(22(4)14-19)38-34-32(40-39-30-18-26(8)41-44-30)23(5)17-29(37-34)42(33-24(6)15-20(2)16-25(33)7)35-36-27-11-9-10-12-28(27)43-35/h9-18H,1-8H3,(H,37,38). The van der Waals surface area contributed by atoms with E-state index in [1.807, 2.05) is 19.1 Å². The molecule has 0 aliphatic rings. The molecule has 6 rings (SSSR count). The molecule has 3 aromatic carbocycles. The lowest BCUT2D eigenvalue weighted by Gasteiger charge is -2.27. The third kappa shape index (κ3) is 5.85. The molecule has 0 fully saturated rings. The highest BCUT2D eigenvalue weighted by molar-refractivity contribution is 7.22. The molecule has 0 aliphatic heterocycles. The third-order valence-corrected chi connectivity index (χ3v) is 9.30. The number of hydrogen-bond acceptors (Lipinski definition) is 9. The first kappa shape index (κ1) is 29.6. The predicted molar refractivity (Wildman–Crippen MR) is 186 cm³/mol. The largest absolute Gasteiger partial charge is 0.338 e. The molecular weight excluding hydrogens is 583 g/mol. The van der Waals surface area contributed by atoms with E-state index in [0.717, 1.165) is 71.1 Å². The van der Waals surface area contributed by atoms with Crippen molar-refractivity contribution in [1.82, 2.24) is 14.3 Å². The van der Waals surface area contributed by atoms with Crippen molar-refractivity contribution in [3.8, 4) is 0 Å². The molecule has 0 amide bonds. The van der Waals surface area contributed by atoms with Gasteiger partial charge < -0.3 is 5.32 Å². The van der Waals surface area contributed by atoms with E-state index in [2.05, 4.69) is 117 Å². The zero-order valence-electron chi connectivity index (χ0n) is 26.3. The minimum Gasteiger partial charge on any atom is -0.338 e. The average Bonchev–Trinajstić information content (AvgIpc) is 3.57. The molecule has 6 aromatic rings. The van der Waals surface area contributed by atoms with Crippen LogP contribution < -0.4 is 10.2 Å². The molecule has 222 valence electrons. The van der Waals surface area contributed by atoms with E-state index in [0.29, 0.717) is 11.5 Å². The highest BCUT2D eigenvalue weighted by Crippen LogP contribution is 2.44. The van der Waals surface area contributed by atoms with E-state index < -0.39 is 0 Å². The summed E-state index contributed by atoms with van der Waals surface area (Å²) in [6.45, 7) is 16.8. The summed E-state index contributed by atoms with van der Waals surface area (Å²) < 4.78 is 5.49. The van der Waals surface area contributed by atoms with Crippen LogP contribution in [0.1, 0.15) is 44.6 Å². The second-order valence-corrected chi connectivity index (χ2v) is 13.2. The van der Waals surface area contributed by atoms with Gasteiger partial charge in [-0.1, -0.05) is 58.9 Å². The number of para-hydroxylation sites is 1. The normalized spacial score (nSPS) is 11.5. The molecule has 1 N–H and O–H groups in total. The van der Waals surface area contributed by atoms with Crippen LogP contribution in [0.5, 0.6) is 0 Å². The van der Waals surface area contributed by atoms with Crippen molar-refractivity contribution in [1.29, 1.82) is 0 Å². The summed E-state index contributed by atoms with van der Waals surface area (Å²) in [5.41, 5.74) is 12.6. The first-order valence-corrected chi connectivity index (χ1v) is 16.1. The maximum Gasteiger partial charge on any atom is 0.196 e. The van der Waals surface area contributed by atoms with Crippen molar-refractivity contribution < 1.29 is 0 Å². The average molecular weight is 618 g/mol. The van der Waals surface area contributed by atoms with Crippen LogP contribution in [0.4, 0.5) is 38.8 Å². The van der Waals surface area contributed by atoms with Crippen molar-refractivity contribution in [2.24, 2.45) is 10.2 Å². The van der Waals surface area contributed by atoms with Crippen LogP contribution in [0.2, 0.25) is 0 Å². The Morgan fingerprint density at radius 1 is 0.705 bits per heavy atom. The number of pyridine rings is 1. The predicted octanol–water partition coefficient (Wildman–Crippen LogP) is 11.2. The van der Waals surface area contributed by atoms with Crippen molar-refractivity contribution >= 4 is 71.9 Å². The fourth-order valence-electron chi connectivity index (χ4n) is 5.76. The van der Waals surface area contributed by atoms with Gasteiger partial charge in [-0.3, -0.25) is 4.90 Å². The van der Waals surface area contributed by atoms with Crippen LogP contribution in [0, 0.1) is 55.4 Å². The summed E-state index contributed by atoms with van der Waals surface area (Å²) >= 11 is 2.99. The summed E-state index contributed by atoms with van der Waals surface area (Å²) in [5.74, 6) is 1.39. The first-order chi connectivity index (χ1) is 21.1. The van der Waals surface area contributed by atoms with Gasteiger partial charge in [0.25, 0.3) is 0 Å². The molecule has 0 saturated heterocycles. The Morgan fingerprint density at radius 3 is 2.00 bits per heavy atom. The summed E-state index contributed by atoms with van der Waals surface area (Å²) in [7, 11) is 0. The lowest BCUT2D eigenvalue weighted by atomic mass is 10.0. The molecule has 0 radical (unpaired) electrons. The Balaban J connectivity index is 1.58.